The van der Waals surface area contributed by atoms with Crippen molar-refractivity contribution in [2.45, 2.75) is 52.6 Å². The first-order valence-electron chi connectivity index (χ1n) is 7.59. The third-order valence-corrected chi connectivity index (χ3v) is 3.69. The van der Waals surface area contributed by atoms with E-state index in [1.807, 2.05) is 24.9 Å². The molecule has 0 aliphatic heterocycles. The molecule has 0 aliphatic rings. The van der Waals surface area contributed by atoms with Crippen molar-refractivity contribution >= 4 is 0 Å². The molecule has 0 aliphatic carbocycles. The molecule has 2 aromatic rings. The lowest BCUT2D eigenvalue weighted by Crippen LogP contribution is -2.22. The lowest BCUT2D eigenvalue weighted by Gasteiger charge is -2.18. The van der Waals surface area contributed by atoms with Gasteiger partial charge < -0.3 is 5.32 Å². The SMILES string of the molecule is CCc1nnc(C)cc1C(Cc1ccn(C(C)C)n1)NC. The van der Waals surface area contributed by atoms with Crippen LogP contribution in [0.3, 0.4) is 0 Å². The Kier molecular flexibility index (Phi) is 5.07. The summed E-state index contributed by atoms with van der Waals surface area (Å²) in [5, 5.41) is 16.5. The highest BCUT2D eigenvalue weighted by Crippen LogP contribution is 2.21. The fourth-order valence-corrected chi connectivity index (χ4v) is 2.46. The second-order valence-electron chi connectivity index (χ2n) is 5.67. The van der Waals surface area contributed by atoms with E-state index in [-0.39, 0.29) is 6.04 Å². The molecular formula is C16H25N5. The molecule has 0 radical (unpaired) electrons. The quantitative estimate of drug-likeness (QED) is 0.887. The molecule has 2 aromatic heterocycles. The molecule has 1 unspecified atom stereocenters. The monoisotopic (exact) mass is 287 g/mol. The van der Waals surface area contributed by atoms with Gasteiger partial charge in [-0.15, -0.1) is 0 Å². The number of hydrogen-bond acceptors (Lipinski definition) is 4. The summed E-state index contributed by atoms with van der Waals surface area (Å²) < 4.78 is 2.00. The maximum absolute atomic E-state index is 4.64. The summed E-state index contributed by atoms with van der Waals surface area (Å²) in [6, 6.07) is 4.83. The average Bonchev–Trinajstić information content (AvgIpc) is 2.93. The summed E-state index contributed by atoms with van der Waals surface area (Å²) in [6.45, 7) is 8.37. The van der Waals surface area contributed by atoms with Gasteiger partial charge >= 0.3 is 0 Å². The number of rotatable bonds is 6. The largest absolute Gasteiger partial charge is 0.313 e. The molecule has 0 saturated carbocycles. The molecule has 21 heavy (non-hydrogen) atoms. The molecule has 0 aromatic carbocycles. The van der Waals surface area contributed by atoms with Crippen LogP contribution in [0.4, 0.5) is 0 Å². The number of hydrogen-bond donors (Lipinski definition) is 1. The number of nitrogens with one attached hydrogen (secondary N) is 1. The van der Waals surface area contributed by atoms with Gasteiger partial charge in [0.25, 0.3) is 0 Å². The lowest BCUT2D eigenvalue weighted by atomic mass is 9.99. The van der Waals surface area contributed by atoms with E-state index in [4.69, 9.17) is 0 Å². The molecule has 114 valence electrons. The van der Waals surface area contributed by atoms with Crippen LogP contribution in [-0.4, -0.2) is 27.0 Å². The summed E-state index contributed by atoms with van der Waals surface area (Å²) in [7, 11) is 1.99. The van der Waals surface area contributed by atoms with Crippen LogP contribution in [0.2, 0.25) is 0 Å². The van der Waals surface area contributed by atoms with Crippen LogP contribution < -0.4 is 5.32 Å². The van der Waals surface area contributed by atoms with E-state index in [1.54, 1.807) is 0 Å². The molecule has 0 bridgehead atoms. The van der Waals surface area contributed by atoms with E-state index in [1.165, 1.54) is 5.56 Å². The summed E-state index contributed by atoms with van der Waals surface area (Å²) in [4.78, 5) is 0. The average molecular weight is 287 g/mol. The zero-order chi connectivity index (χ0) is 15.4. The summed E-state index contributed by atoms with van der Waals surface area (Å²) in [5.74, 6) is 0. The first kappa shape index (κ1) is 15.6. The molecule has 1 atom stereocenters. The Balaban J connectivity index is 2.25. The molecule has 0 amide bonds. The highest BCUT2D eigenvalue weighted by Gasteiger charge is 2.17. The molecular weight excluding hydrogens is 262 g/mol. The molecule has 0 saturated heterocycles. The van der Waals surface area contributed by atoms with Crippen LogP contribution in [0.5, 0.6) is 0 Å². The van der Waals surface area contributed by atoms with Crippen molar-refractivity contribution in [1.29, 1.82) is 0 Å². The van der Waals surface area contributed by atoms with E-state index in [9.17, 15) is 0 Å². The van der Waals surface area contributed by atoms with Gasteiger partial charge in [-0.05, 0) is 51.9 Å². The van der Waals surface area contributed by atoms with E-state index in [0.29, 0.717) is 6.04 Å². The Labute approximate surface area is 126 Å². The standard InChI is InChI=1S/C16H25N5/c1-6-15-14(9-12(4)18-19-15)16(17-5)10-13-7-8-21(20-13)11(2)3/h7-9,11,16-17H,6,10H2,1-5H3. The highest BCUT2D eigenvalue weighted by molar-refractivity contribution is 5.26. The van der Waals surface area contributed by atoms with Gasteiger partial charge in [-0.3, -0.25) is 4.68 Å². The van der Waals surface area contributed by atoms with Gasteiger partial charge in [-0.25, -0.2) is 0 Å². The van der Waals surface area contributed by atoms with Crippen molar-refractivity contribution in [1.82, 2.24) is 25.3 Å². The van der Waals surface area contributed by atoms with Crippen molar-refractivity contribution in [3.63, 3.8) is 0 Å². The van der Waals surface area contributed by atoms with Crippen molar-refractivity contribution in [3.8, 4) is 0 Å². The van der Waals surface area contributed by atoms with E-state index in [2.05, 4.69) is 53.5 Å². The Morgan fingerprint density at radius 3 is 2.62 bits per heavy atom. The zero-order valence-electron chi connectivity index (χ0n) is 13.6. The molecule has 5 heteroatoms. The van der Waals surface area contributed by atoms with Gasteiger partial charge in [-0.1, -0.05) is 6.92 Å². The van der Waals surface area contributed by atoms with E-state index >= 15 is 0 Å². The number of nitrogens with zero attached hydrogens (tertiary/aromatic N) is 4. The van der Waals surface area contributed by atoms with Crippen molar-refractivity contribution < 1.29 is 0 Å². The van der Waals surface area contributed by atoms with Gasteiger partial charge in [0, 0.05) is 24.7 Å². The van der Waals surface area contributed by atoms with Crippen LogP contribution in [0.25, 0.3) is 0 Å². The molecule has 2 rings (SSSR count). The Morgan fingerprint density at radius 1 is 1.29 bits per heavy atom. The van der Waals surface area contributed by atoms with Crippen LogP contribution in [0.15, 0.2) is 18.3 Å². The molecule has 2 heterocycles. The van der Waals surface area contributed by atoms with Crippen molar-refractivity contribution in [2.75, 3.05) is 7.05 Å². The second kappa shape index (κ2) is 6.80. The van der Waals surface area contributed by atoms with Crippen molar-refractivity contribution in [2.24, 2.45) is 0 Å². The van der Waals surface area contributed by atoms with Crippen LogP contribution >= 0.6 is 0 Å². The van der Waals surface area contributed by atoms with Crippen LogP contribution in [0, 0.1) is 6.92 Å². The highest BCUT2D eigenvalue weighted by atomic mass is 15.3. The molecule has 0 spiro atoms. The predicted molar refractivity (Wildman–Crippen MR) is 84.3 cm³/mol. The third-order valence-electron chi connectivity index (χ3n) is 3.69. The van der Waals surface area contributed by atoms with E-state index in [0.717, 1.165) is 29.9 Å². The maximum atomic E-state index is 4.64. The Hall–Kier alpha value is -1.75. The number of aryl methyl sites for hydroxylation is 2. The van der Waals surface area contributed by atoms with Gasteiger partial charge in [-0.2, -0.15) is 15.3 Å². The first-order chi connectivity index (χ1) is 10.0. The minimum atomic E-state index is 0.213. The normalized spacial score (nSPS) is 12.9. The minimum absolute atomic E-state index is 0.213. The molecule has 0 fully saturated rings. The minimum Gasteiger partial charge on any atom is -0.313 e. The Morgan fingerprint density at radius 2 is 2.05 bits per heavy atom. The maximum Gasteiger partial charge on any atom is 0.0676 e. The number of likely N-dealkylation sites (N-methyl/N-ethyl adjacent to an activating group) is 1. The van der Waals surface area contributed by atoms with Gasteiger partial charge in [0.05, 0.1) is 17.1 Å². The zero-order valence-corrected chi connectivity index (χ0v) is 13.6. The van der Waals surface area contributed by atoms with Gasteiger partial charge in [0.15, 0.2) is 0 Å². The van der Waals surface area contributed by atoms with Crippen molar-refractivity contribution in [3.05, 3.63) is 41.0 Å². The third kappa shape index (κ3) is 3.67. The first-order valence-corrected chi connectivity index (χ1v) is 7.59. The van der Waals surface area contributed by atoms with Crippen LogP contribution in [0.1, 0.15) is 55.5 Å². The lowest BCUT2D eigenvalue weighted by molar-refractivity contribution is 0.513. The smallest absolute Gasteiger partial charge is 0.0676 e. The summed E-state index contributed by atoms with van der Waals surface area (Å²) >= 11 is 0. The van der Waals surface area contributed by atoms with Crippen LogP contribution in [-0.2, 0) is 12.8 Å². The Bertz CT molecular complexity index is 588. The fraction of sp³-hybridized carbons (Fsp3) is 0.562. The van der Waals surface area contributed by atoms with Gasteiger partial charge in [0.1, 0.15) is 0 Å². The second-order valence-corrected chi connectivity index (χ2v) is 5.67. The summed E-state index contributed by atoms with van der Waals surface area (Å²) in [5.41, 5.74) is 4.34. The summed E-state index contributed by atoms with van der Waals surface area (Å²) in [6.07, 6.45) is 3.79. The number of aromatic nitrogens is 4. The topological polar surface area (TPSA) is 55.6 Å². The van der Waals surface area contributed by atoms with Gasteiger partial charge in [0.2, 0.25) is 0 Å². The fourth-order valence-electron chi connectivity index (χ4n) is 2.46. The molecule has 1 N–H and O–H groups in total. The molecule has 5 nitrogen and oxygen atoms in total. The predicted octanol–water partition coefficient (Wildman–Crippen LogP) is 2.63. The van der Waals surface area contributed by atoms with E-state index < -0.39 is 0 Å².